The standard InChI is InChI=1S/C35H42N6O5S/c1-21-16-29-32(37-18-21)46-35(12-14-36-15-13-35)20-40(47(29,44)45)19-25-17-24(7-6-22(25)2)30(34(4,5)33(42)43)27-10-11-28-31(23(27)3)38-39-41(28)26-8-9-26/h6-7,10-11,16-18,26,30,36H,8-9,12-15,19-20H2,1-5H3,(H,42,43)/t30-/m1/s1. The van der Waals surface area contributed by atoms with E-state index >= 15 is 0 Å². The van der Waals surface area contributed by atoms with Gasteiger partial charge in [0.1, 0.15) is 16.0 Å². The van der Waals surface area contributed by atoms with Crippen LogP contribution in [-0.2, 0) is 21.4 Å². The van der Waals surface area contributed by atoms with Crippen molar-refractivity contribution in [3.63, 3.8) is 0 Å². The summed E-state index contributed by atoms with van der Waals surface area (Å²) in [4.78, 5) is 17.4. The maximum atomic E-state index is 14.3. The van der Waals surface area contributed by atoms with Gasteiger partial charge in [-0.25, -0.2) is 18.1 Å². The Kier molecular flexibility index (Phi) is 7.68. The molecule has 11 nitrogen and oxygen atoms in total. The highest BCUT2D eigenvalue weighted by Gasteiger charge is 2.46. The largest absolute Gasteiger partial charge is 0.481 e. The molecule has 12 heteroatoms. The average Bonchev–Trinajstić information content (AvgIpc) is 3.79. The van der Waals surface area contributed by atoms with Crippen LogP contribution in [0.5, 0.6) is 5.88 Å². The van der Waals surface area contributed by atoms with Crippen molar-refractivity contribution in [2.24, 2.45) is 5.41 Å². The molecule has 2 N–H and O–H groups in total. The third-order valence-corrected chi connectivity index (χ3v) is 12.1. The number of carboxylic acids is 1. The number of carbonyl (C=O) groups is 1. The third kappa shape index (κ3) is 5.49. The number of piperidine rings is 1. The summed E-state index contributed by atoms with van der Waals surface area (Å²) in [7, 11) is -3.98. The summed E-state index contributed by atoms with van der Waals surface area (Å²) in [5, 5.41) is 22.8. The van der Waals surface area contributed by atoms with Gasteiger partial charge < -0.3 is 15.2 Å². The van der Waals surface area contributed by atoms with Gasteiger partial charge in [0.05, 0.1) is 23.5 Å². The Morgan fingerprint density at radius 2 is 1.87 bits per heavy atom. The Bertz CT molecular complexity index is 1990. The predicted octanol–water partition coefficient (Wildman–Crippen LogP) is 5.03. The predicted molar refractivity (Wildman–Crippen MR) is 177 cm³/mol. The van der Waals surface area contributed by atoms with Gasteiger partial charge in [-0.15, -0.1) is 5.10 Å². The van der Waals surface area contributed by atoms with Crippen LogP contribution in [0.15, 0.2) is 47.5 Å². The van der Waals surface area contributed by atoms with Gasteiger partial charge in [-0.05, 0) is 106 Å². The first-order chi connectivity index (χ1) is 22.3. The summed E-state index contributed by atoms with van der Waals surface area (Å²) in [6, 6.07) is 11.9. The van der Waals surface area contributed by atoms with E-state index < -0.39 is 32.9 Å². The van der Waals surface area contributed by atoms with Crippen molar-refractivity contribution in [2.75, 3.05) is 19.6 Å². The van der Waals surface area contributed by atoms with Crippen molar-refractivity contribution < 1.29 is 23.1 Å². The van der Waals surface area contributed by atoms with Crippen molar-refractivity contribution in [1.82, 2.24) is 29.6 Å². The summed E-state index contributed by atoms with van der Waals surface area (Å²) < 4.78 is 38.6. The van der Waals surface area contributed by atoms with E-state index in [0.29, 0.717) is 32.0 Å². The molecule has 2 aromatic carbocycles. The molecule has 248 valence electrons. The van der Waals surface area contributed by atoms with Crippen LogP contribution in [0.1, 0.15) is 84.9 Å². The second kappa shape index (κ2) is 11.4. The third-order valence-electron chi connectivity index (χ3n) is 10.3. The van der Waals surface area contributed by atoms with Crippen LogP contribution in [0.3, 0.4) is 0 Å². The second-order valence-electron chi connectivity index (χ2n) is 14.2. The van der Waals surface area contributed by atoms with Crippen LogP contribution < -0.4 is 10.1 Å². The van der Waals surface area contributed by atoms with Gasteiger partial charge in [0.15, 0.2) is 0 Å². The van der Waals surface area contributed by atoms with Crippen LogP contribution in [0.2, 0.25) is 0 Å². The summed E-state index contributed by atoms with van der Waals surface area (Å²) in [6.45, 7) is 11.0. The highest BCUT2D eigenvalue weighted by Crippen LogP contribution is 2.45. The molecule has 2 fully saturated rings. The first kappa shape index (κ1) is 31.7. The Hall–Kier alpha value is -3.87. The lowest BCUT2D eigenvalue weighted by Gasteiger charge is -2.38. The van der Waals surface area contributed by atoms with E-state index in [1.54, 1.807) is 26.1 Å². The summed E-state index contributed by atoms with van der Waals surface area (Å²) >= 11 is 0. The topological polar surface area (TPSA) is 140 Å². The van der Waals surface area contributed by atoms with Crippen LogP contribution in [0, 0.1) is 26.2 Å². The Labute approximate surface area is 275 Å². The summed E-state index contributed by atoms with van der Waals surface area (Å²) in [6.07, 6.45) is 5.10. The molecule has 0 radical (unpaired) electrons. The SMILES string of the molecule is Cc1cnc2c(c1)S(=O)(=O)N(Cc1cc([C@H](c3ccc4c(nnn4C4CC4)c3C)C(C)(C)C(=O)O)ccc1C)CC1(CCNCC1)O2. The van der Waals surface area contributed by atoms with Gasteiger partial charge >= 0.3 is 5.97 Å². The van der Waals surface area contributed by atoms with Gasteiger partial charge in [-0.3, -0.25) is 4.79 Å². The van der Waals surface area contributed by atoms with Gasteiger partial charge in [0.25, 0.3) is 0 Å². The molecule has 3 aliphatic rings. The lowest BCUT2D eigenvalue weighted by molar-refractivity contribution is -0.147. The monoisotopic (exact) mass is 658 g/mol. The van der Waals surface area contributed by atoms with Crippen molar-refractivity contribution in [2.45, 2.75) is 89.3 Å². The van der Waals surface area contributed by atoms with E-state index in [9.17, 15) is 18.3 Å². The van der Waals surface area contributed by atoms with Crippen LogP contribution in [0.25, 0.3) is 11.0 Å². The molecule has 1 saturated heterocycles. The Morgan fingerprint density at radius 3 is 2.57 bits per heavy atom. The molecule has 0 bridgehead atoms. The number of nitrogens with zero attached hydrogens (tertiary/aromatic N) is 5. The Balaban J connectivity index is 1.32. The molecule has 1 aliphatic carbocycles. The molecule has 47 heavy (non-hydrogen) atoms. The number of aliphatic carboxylic acids is 1. The van der Waals surface area contributed by atoms with Gasteiger partial charge in [0, 0.05) is 31.5 Å². The molecule has 1 atom stereocenters. The van der Waals surface area contributed by atoms with E-state index in [0.717, 1.165) is 57.3 Å². The highest BCUT2D eigenvalue weighted by molar-refractivity contribution is 7.89. The number of rotatable bonds is 7. The maximum absolute atomic E-state index is 14.3. The fourth-order valence-electron chi connectivity index (χ4n) is 7.25. The number of aryl methyl sites for hydroxylation is 3. The fourth-order valence-corrected chi connectivity index (χ4v) is 8.89. The van der Waals surface area contributed by atoms with Crippen molar-refractivity contribution in [3.05, 3.63) is 76.0 Å². The van der Waals surface area contributed by atoms with E-state index in [2.05, 4.69) is 20.6 Å². The minimum atomic E-state index is -3.98. The fraction of sp³-hybridized carbons (Fsp3) is 0.486. The number of carboxylic acid groups (broad SMARTS) is 1. The van der Waals surface area contributed by atoms with E-state index in [-0.39, 0.29) is 23.9 Å². The van der Waals surface area contributed by atoms with Crippen molar-refractivity contribution in [3.8, 4) is 5.88 Å². The number of benzene rings is 2. The highest BCUT2D eigenvalue weighted by atomic mass is 32.2. The van der Waals surface area contributed by atoms with Crippen LogP contribution >= 0.6 is 0 Å². The molecule has 0 unspecified atom stereocenters. The smallest absolute Gasteiger partial charge is 0.310 e. The zero-order chi connectivity index (χ0) is 33.3. The summed E-state index contributed by atoms with van der Waals surface area (Å²) in [5.41, 5.74) is 4.85. The van der Waals surface area contributed by atoms with E-state index in [1.807, 2.05) is 55.8 Å². The molecule has 4 heterocycles. The van der Waals surface area contributed by atoms with Gasteiger partial charge in [-0.1, -0.05) is 29.5 Å². The molecule has 1 spiro atoms. The molecule has 4 aromatic rings. The lowest BCUT2D eigenvalue weighted by atomic mass is 9.69. The minimum Gasteiger partial charge on any atom is -0.481 e. The second-order valence-corrected chi connectivity index (χ2v) is 16.1. The molecule has 1 saturated carbocycles. The molecule has 7 rings (SSSR count). The van der Waals surface area contributed by atoms with Gasteiger partial charge in [0.2, 0.25) is 15.9 Å². The molecule has 2 aliphatic heterocycles. The molecular formula is C35H42N6O5S. The average molecular weight is 659 g/mol. The van der Waals surface area contributed by atoms with Gasteiger partial charge in [-0.2, -0.15) is 4.31 Å². The Morgan fingerprint density at radius 1 is 1.13 bits per heavy atom. The van der Waals surface area contributed by atoms with Crippen LogP contribution in [0.4, 0.5) is 0 Å². The number of pyridine rings is 1. The first-order valence-electron chi connectivity index (χ1n) is 16.3. The quantitative estimate of drug-likeness (QED) is 0.280. The maximum Gasteiger partial charge on any atom is 0.310 e. The zero-order valence-corrected chi connectivity index (χ0v) is 28.4. The lowest BCUT2D eigenvalue weighted by Crippen LogP contribution is -2.53. The number of hydrogen-bond donors (Lipinski definition) is 2. The normalized spacial score (nSPS) is 20.0. The number of nitrogens with one attached hydrogen (secondary N) is 1. The number of fused-ring (bicyclic) bond motifs is 2. The number of sulfonamides is 1. The van der Waals surface area contributed by atoms with Crippen molar-refractivity contribution in [1.29, 1.82) is 0 Å². The van der Waals surface area contributed by atoms with Crippen molar-refractivity contribution >= 4 is 27.0 Å². The minimum absolute atomic E-state index is 0.0785. The summed E-state index contributed by atoms with van der Waals surface area (Å²) in [5.74, 6) is -1.31. The number of hydrogen-bond acceptors (Lipinski definition) is 8. The molecule has 0 amide bonds. The number of aromatic nitrogens is 4. The number of ether oxygens (including phenoxy) is 1. The van der Waals surface area contributed by atoms with E-state index in [1.165, 1.54) is 4.31 Å². The zero-order valence-electron chi connectivity index (χ0n) is 27.6. The van der Waals surface area contributed by atoms with Crippen LogP contribution in [-0.4, -0.2) is 69.0 Å². The first-order valence-corrected chi connectivity index (χ1v) is 17.8. The van der Waals surface area contributed by atoms with E-state index in [4.69, 9.17) is 4.74 Å². The molecular weight excluding hydrogens is 616 g/mol. The molecule has 2 aromatic heterocycles.